The number of nitrogens with zero attached hydrogens (tertiary/aromatic N) is 1. The summed E-state index contributed by atoms with van der Waals surface area (Å²) in [7, 11) is 3.86. The van der Waals surface area contributed by atoms with Crippen LogP contribution in [0.2, 0.25) is 0 Å². The lowest BCUT2D eigenvalue weighted by Crippen LogP contribution is -2.50. The average molecular weight is 262 g/mol. The molecule has 0 saturated heterocycles. The van der Waals surface area contributed by atoms with Crippen LogP contribution < -0.4 is 10.5 Å². The van der Waals surface area contributed by atoms with E-state index in [-0.39, 0.29) is 5.54 Å². The molecule has 0 aromatic heterocycles. The molecule has 2 N–H and O–H groups in total. The van der Waals surface area contributed by atoms with Gasteiger partial charge in [-0.2, -0.15) is 0 Å². The summed E-state index contributed by atoms with van der Waals surface area (Å²) < 4.78 is 5.26. The predicted molar refractivity (Wildman–Crippen MR) is 79.3 cm³/mol. The molecular weight excluding hydrogens is 236 g/mol. The highest BCUT2D eigenvalue weighted by molar-refractivity contribution is 5.28. The van der Waals surface area contributed by atoms with Crippen molar-refractivity contribution >= 4 is 0 Å². The second-order valence-corrected chi connectivity index (χ2v) is 5.95. The Balaban J connectivity index is 1.91. The fourth-order valence-corrected chi connectivity index (χ4v) is 3.09. The molecule has 3 nitrogen and oxygen atoms in total. The monoisotopic (exact) mass is 262 g/mol. The van der Waals surface area contributed by atoms with Gasteiger partial charge in [-0.25, -0.2) is 0 Å². The molecule has 2 rings (SSSR count). The molecule has 1 fully saturated rings. The molecule has 0 bridgehead atoms. The Labute approximate surface area is 116 Å². The van der Waals surface area contributed by atoms with Crippen molar-refractivity contribution in [3.63, 3.8) is 0 Å². The van der Waals surface area contributed by atoms with Gasteiger partial charge in [-0.05, 0) is 37.6 Å². The number of likely N-dealkylation sites (N-methyl/N-ethyl adjacent to an activating group) is 1. The number of rotatable bonds is 5. The maximum Gasteiger partial charge on any atom is 0.119 e. The SMILES string of the molecule is COc1cccc(CN(C)CC2(N)CCCCC2)c1. The van der Waals surface area contributed by atoms with Crippen molar-refractivity contribution in [1.82, 2.24) is 4.90 Å². The smallest absolute Gasteiger partial charge is 0.119 e. The first-order valence-corrected chi connectivity index (χ1v) is 7.22. The van der Waals surface area contributed by atoms with E-state index in [0.29, 0.717) is 0 Å². The quantitative estimate of drug-likeness (QED) is 0.887. The molecule has 1 aliphatic rings. The maximum absolute atomic E-state index is 6.50. The minimum atomic E-state index is 0.0197. The molecule has 0 unspecified atom stereocenters. The van der Waals surface area contributed by atoms with Crippen LogP contribution in [0.15, 0.2) is 24.3 Å². The van der Waals surface area contributed by atoms with Crippen LogP contribution in [-0.4, -0.2) is 31.1 Å². The molecule has 0 amide bonds. The van der Waals surface area contributed by atoms with Crippen LogP contribution in [0, 0.1) is 0 Å². The van der Waals surface area contributed by atoms with Gasteiger partial charge in [-0.1, -0.05) is 31.4 Å². The first kappa shape index (κ1) is 14.4. The number of ether oxygens (including phenoxy) is 1. The van der Waals surface area contributed by atoms with Crippen molar-refractivity contribution in [3.05, 3.63) is 29.8 Å². The lowest BCUT2D eigenvalue weighted by atomic mass is 9.82. The zero-order valence-corrected chi connectivity index (χ0v) is 12.2. The Morgan fingerprint density at radius 1 is 1.26 bits per heavy atom. The zero-order chi connectivity index (χ0) is 13.7. The minimum Gasteiger partial charge on any atom is -0.497 e. The molecule has 0 aliphatic heterocycles. The van der Waals surface area contributed by atoms with Crippen LogP contribution in [0.25, 0.3) is 0 Å². The lowest BCUT2D eigenvalue weighted by Gasteiger charge is -2.36. The largest absolute Gasteiger partial charge is 0.497 e. The summed E-state index contributed by atoms with van der Waals surface area (Å²) in [5, 5.41) is 0. The second kappa shape index (κ2) is 6.40. The number of hydrogen-bond donors (Lipinski definition) is 1. The Morgan fingerprint density at radius 2 is 2.00 bits per heavy atom. The van der Waals surface area contributed by atoms with Crippen molar-refractivity contribution in [1.29, 1.82) is 0 Å². The number of hydrogen-bond acceptors (Lipinski definition) is 3. The third-order valence-corrected chi connectivity index (χ3v) is 4.02. The van der Waals surface area contributed by atoms with Crippen molar-refractivity contribution in [3.8, 4) is 5.75 Å². The first-order chi connectivity index (χ1) is 9.11. The Kier molecular flexibility index (Phi) is 4.83. The average Bonchev–Trinajstić information content (AvgIpc) is 2.39. The third kappa shape index (κ3) is 4.22. The van der Waals surface area contributed by atoms with Gasteiger partial charge in [0.2, 0.25) is 0 Å². The number of nitrogens with two attached hydrogens (primary N) is 1. The van der Waals surface area contributed by atoms with Crippen molar-refractivity contribution in [2.45, 2.75) is 44.2 Å². The Bertz CT molecular complexity index is 399. The van der Waals surface area contributed by atoms with E-state index in [9.17, 15) is 0 Å². The van der Waals surface area contributed by atoms with Crippen molar-refractivity contribution < 1.29 is 4.74 Å². The third-order valence-electron chi connectivity index (χ3n) is 4.02. The van der Waals surface area contributed by atoms with Gasteiger partial charge in [-0.15, -0.1) is 0 Å². The summed E-state index contributed by atoms with van der Waals surface area (Å²) >= 11 is 0. The molecule has 0 heterocycles. The standard InChI is InChI=1S/C16H26N2O/c1-18(13-16(17)9-4-3-5-10-16)12-14-7-6-8-15(11-14)19-2/h6-8,11H,3-5,9-10,12-13,17H2,1-2H3. The summed E-state index contributed by atoms with van der Waals surface area (Å²) in [5.41, 5.74) is 7.80. The van der Waals surface area contributed by atoms with Gasteiger partial charge in [0.15, 0.2) is 0 Å². The maximum atomic E-state index is 6.50. The molecule has 1 aromatic carbocycles. The van der Waals surface area contributed by atoms with Gasteiger partial charge < -0.3 is 15.4 Å². The van der Waals surface area contributed by atoms with E-state index < -0.39 is 0 Å². The topological polar surface area (TPSA) is 38.5 Å². The summed E-state index contributed by atoms with van der Waals surface area (Å²) in [6.07, 6.45) is 6.23. The van der Waals surface area contributed by atoms with E-state index in [2.05, 4.69) is 24.1 Å². The second-order valence-electron chi connectivity index (χ2n) is 5.95. The molecule has 1 saturated carbocycles. The van der Waals surface area contributed by atoms with Crippen LogP contribution in [-0.2, 0) is 6.54 Å². The van der Waals surface area contributed by atoms with E-state index in [1.54, 1.807) is 7.11 Å². The van der Waals surface area contributed by atoms with Crippen LogP contribution in [0.3, 0.4) is 0 Å². The fraction of sp³-hybridized carbons (Fsp3) is 0.625. The van der Waals surface area contributed by atoms with Gasteiger partial charge in [0.05, 0.1) is 7.11 Å². The minimum absolute atomic E-state index is 0.0197. The molecule has 106 valence electrons. The van der Waals surface area contributed by atoms with Crippen LogP contribution in [0.4, 0.5) is 0 Å². The Hall–Kier alpha value is -1.06. The van der Waals surface area contributed by atoms with Crippen molar-refractivity contribution in [2.75, 3.05) is 20.7 Å². The van der Waals surface area contributed by atoms with E-state index in [1.807, 2.05) is 12.1 Å². The van der Waals surface area contributed by atoms with Gasteiger partial charge in [0.25, 0.3) is 0 Å². The fourth-order valence-electron chi connectivity index (χ4n) is 3.09. The van der Waals surface area contributed by atoms with Gasteiger partial charge in [-0.3, -0.25) is 0 Å². The summed E-state index contributed by atoms with van der Waals surface area (Å²) in [4.78, 5) is 2.33. The number of benzene rings is 1. The van der Waals surface area contributed by atoms with E-state index in [4.69, 9.17) is 10.5 Å². The highest BCUT2D eigenvalue weighted by Crippen LogP contribution is 2.27. The summed E-state index contributed by atoms with van der Waals surface area (Å²) in [5.74, 6) is 0.922. The molecule has 0 radical (unpaired) electrons. The van der Waals surface area contributed by atoms with Crippen LogP contribution >= 0.6 is 0 Å². The first-order valence-electron chi connectivity index (χ1n) is 7.22. The molecule has 19 heavy (non-hydrogen) atoms. The molecule has 0 spiro atoms. The van der Waals surface area contributed by atoms with Gasteiger partial charge in [0, 0.05) is 18.6 Å². The van der Waals surface area contributed by atoms with Crippen molar-refractivity contribution in [2.24, 2.45) is 5.73 Å². The zero-order valence-electron chi connectivity index (χ0n) is 12.2. The van der Waals surface area contributed by atoms with E-state index in [0.717, 1.165) is 31.7 Å². The Morgan fingerprint density at radius 3 is 2.68 bits per heavy atom. The van der Waals surface area contributed by atoms with Gasteiger partial charge in [0.1, 0.15) is 5.75 Å². The molecule has 3 heteroatoms. The number of methoxy groups -OCH3 is 1. The van der Waals surface area contributed by atoms with Crippen LogP contribution in [0.1, 0.15) is 37.7 Å². The van der Waals surface area contributed by atoms with E-state index >= 15 is 0 Å². The predicted octanol–water partition coefficient (Wildman–Crippen LogP) is 2.79. The van der Waals surface area contributed by atoms with E-state index in [1.165, 1.54) is 24.8 Å². The highest BCUT2D eigenvalue weighted by Gasteiger charge is 2.28. The molecular formula is C16H26N2O. The summed E-state index contributed by atoms with van der Waals surface area (Å²) in [6, 6.07) is 8.26. The summed E-state index contributed by atoms with van der Waals surface area (Å²) in [6.45, 7) is 1.90. The molecule has 1 aliphatic carbocycles. The highest BCUT2D eigenvalue weighted by atomic mass is 16.5. The molecule has 0 atom stereocenters. The molecule has 1 aromatic rings. The van der Waals surface area contributed by atoms with Crippen LogP contribution in [0.5, 0.6) is 5.75 Å². The van der Waals surface area contributed by atoms with Gasteiger partial charge >= 0.3 is 0 Å². The normalized spacial score (nSPS) is 18.5. The lowest BCUT2D eigenvalue weighted by molar-refractivity contribution is 0.193.